The van der Waals surface area contributed by atoms with E-state index in [1.54, 1.807) is 0 Å². The molecule has 0 saturated carbocycles. The van der Waals surface area contributed by atoms with Gasteiger partial charge in [0.25, 0.3) is 0 Å². The smallest absolute Gasteiger partial charge is 0.0119 e. The van der Waals surface area contributed by atoms with Gasteiger partial charge in [-0.05, 0) is 57.2 Å². The minimum absolute atomic E-state index is 1.32. The molecule has 0 unspecified atom stereocenters. The van der Waals surface area contributed by atoms with Crippen molar-refractivity contribution < 1.29 is 0 Å². The van der Waals surface area contributed by atoms with Crippen LogP contribution in [0.5, 0.6) is 0 Å². The average Bonchev–Trinajstić information content (AvgIpc) is 1.93. The highest BCUT2D eigenvalue weighted by Crippen LogP contribution is 2.14. The summed E-state index contributed by atoms with van der Waals surface area (Å²) in [7, 11) is 0. The third kappa shape index (κ3) is 2.66. The van der Waals surface area contributed by atoms with Gasteiger partial charge in [0, 0.05) is 0 Å². The first-order valence-corrected chi connectivity index (χ1v) is 4.67. The molecule has 1 rings (SSSR count). The van der Waals surface area contributed by atoms with Crippen LogP contribution in [0, 0.1) is 6.92 Å². The highest BCUT2D eigenvalue weighted by molar-refractivity contribution is 14.1. The summed E-state index contributed by atoms with van der Waals surface area (Å²) in [6, 6.07) is 8.40. The van der Waals surface area contributed by atoms with Gasteiger partial charge in [-0.1, -0.05) is 24.3 Å². The lowest BCUT2D eigenvalue weighted by atomic mass is 10.1. The van der Waals surface area contributed by atoms with Crippen LogP contribution < -0.4 is 0 Å². The van der Waals surface area contributed by atoms with Crippen molar-refractivity contribution in [2.24, 2.45) is 0 Å². The lowest BCUT2D eigenvalue weighted by molar-refractivity contribution is 1.44. The molecule has 1 heteroatoms. The van der Waals surface area contributed by atoms with Gasteiger partial charge >= 0.3 is 0 Å². The molecule has 0 spiro atoms. The van der Waals surface area contributed by atoms with Crippen molar-refractivity contribution in [3.8, 4) is 0 Å². The van der Waals surface area contributed by atoms with Gasteiger partial charge in [-0.15, -0.1) is 0 Å². The fraction of sp³-hybridized carbons (Fsp3) is 0.200. The van der Waals surface area contributed by atoms with E-state index in [0.29, 0.717) is 0 Å². The lowest BCUT2D eigenvalue weighted by Crippen LogP contribution is -1.77. The highest BCUT2D eigenvalue weighted by atomic mass is 127. The standard InChI is InChI=1S/C10H11I/c1-8-5-3-4-6-10(8)7-9(2)11/h3-7H,1-2H3. The topological polar surface area (TPSA) is 0 Å². The summed E-state index contributed by atoms with van der Waals surface area (Å²) in [5.41, 5.74) is 2.66. The summed E-state index contributed by atoms with van der Waals surface area (Å²) in [5.74, 6) is 0. The molecule has 1 aromatic rings. The number of aryl methyl sites for hydroxylation is 1. The normalized spacial score (nSPS) is 11.7. The minimum atomic E-state index is 1.32. The molecule has 0 aliphatic carbocycles. The quantitative estimate of drug-likeness (QED) is 0.672. The SMILES string of the molecule is CC(I)=Cc1ccccc1C. The van der Waals surface area contributed by atoms with E-state index in [4.69, 9.17) is 0 Å². The largest absolute Gasteiger partial charge is 0.0620 e. The third-order valence-electron chi connectivity index (χ3n) is 1.54. The Morgan fingerprint density at radius 3 is 2.55 bits per heavy atom. The molecule has 1 aromatic carbocycles. The van der Waals surface area contributed by atoms with E-state index in [-0.39, 0.29) is 0 Å². The minimum Gasteiger partial charge on any atom is -0.0620 e. The third-order valence-corrected chi connectivity index (χ3v) is 1.85. The fourth-order valence-electron chi connectivity index (χ4n) is 0.963. The molecule has 0 atom stereocenters. The molecule has 0 nitrogen and oxygen atoms in total. The van der Waals surface area contributed by atoms with Crippen molar-refractivity contribution in [3.05, 3.63) is 39.0 Å². The second kappa shape index (κ2) is 3.90. The van der Waals surface area contributed by atoms with Crippen molar-refractivity contribution in [3.63, 3.8) is 0 Å². The van der Waals surface area contributed by atoms with Crippen LogP contribution in [0.25, 0.3) is 6.08 Å². The Morgan fingerprint density at radius 1 is 1.36 bits per heavy atom. The van der Waals surface area contributed by atoms with Crippen LogP contribution in [-0.4, -0.2) is 0 Å². The van der Waals surface area contributed by atoms with Crippen LogP contribution in [0.15, 0.2) is 27.8 Å². The maximum absolute atomic E-state index is 2.32. The molecule has 0 heterocycles. The predicted octanol–water partition coefficient (Wildman–Crippen LogP) is 3.79. The summed E-state index contributed by atoms with van der Waals surface area (Å²) in [6.07, 6.45) is 2.19. The summed E-state index contributed by atoms with van der Waals surface area (Å²) in [5, 5.41) is 0. The Balaban J connectivity index is 3.04. The Kier molecular flexibility index (Phi) is 3.12. The average molecular weight is 258 g/mol. The molecule has 0 bridgehead atoms. The van der Waals surface area contributed by atoms with Crippen LogP contribution in [0.2, 0.25) is 0 Å². The van der Waals surface area contributed by atoms with Gasteiger partial charge in [-0.3, -0.25) is 0 Å². The Bertz CT molecular complexity index is 270. The van der Waals surface area contributed by atoms with Gasteiger partial charge in [0.2, 0.25) is 0 Å². The highest BCUT2D eigenvalue weighted by Gasteiger charge is 1.90. The lowest BCUT2D eigenvalue weighted by Gasteiger charge is -1.98. The molecular formula is C10H11I. The zero-order valence-corrected chi connectivity index (χ0v) is 8.92. The second-order valence-electron chi connectivity index (χ2n) is 2.59. The number of rotatable bonds is 1. The number of halogens is 1. The zero-order chi connectivity index (χ0) is 8.27. The Labute approximate surface area is 81.5 Å². The monoisotopic (exact) mass is 258 g/mol. The molecule has 0 N–H and O–H groups in total. The Hall–Kier alpha value is -0.310. The van der Waals surface area contributed by atoms with Crippen LogP contribution in [0.1, 0.15) is 18.1 Å². The van der Waals surface area contributed by atoms with E-state index < -0.39 is 0 Å². The summed E-state index contributed by atoms with van der Waals surface area (Å²) >= 11 is 2.32. The molecule has 0 radical (unpaired) electrons. The van der Waals surface area contributed by atoms with Crippen molar-refractivity contribution in [1.82, 2.24) is 0 Å². The van der Waals surface area contributed by atoms with E-state index in [2.05, 4.69) is 66.8 Å². The van der Waals surface area contributed by atoms with E-state index in [1.807, 2.05) is 0 Å². The molecule has 0 saturated heterocycles. The number of allylic oxidation sites excluding steroid dienone is 1. The molecule has 0 aliphatic heterocycles. The van der Waals surface area contributed by atoms with Gasteiger partial charge in [-0.25, -0.2) is 0 Å². The van der Waals surface area contributed by atoms with E-state index in [0.717, 1.165) is 0 Å². The molecule has 11 heavy (non-hydrogen) atoms. The number of benzene rings is 1. The Morgan fingerprint density at radius 2 is 2.00 bits per heavy atom. The van der Waals surface area contributed by atoms with Crippen molar-refractivity contribution in [2.75, 3.05) is 0 Å². The molecule has 58 valence electrons. The zero-order valence-electron chi connectivity index (χ0n) is 6.76. The van der Waals surface area contributed by atoms with Gasteiger partial charge in [0.15, 0.2) is 0 Å². The van der Waals surface area contributed by atoms with Gasteiger partial charge in [0.1, 0.15) is 0 Å². The predicted molar refractivity (Wildman–Crippen MR) is 58.9 cm³/mol. The van der Waals surface area contributed by atoms with Crippen LogP contribution in [0.4, 0.5) is 0 Å². The second-order valence-corrected chi connectivity index (χ2v) is 4.29. The first kappa shape index (κ1) is 8.78. The van der Waals surface area contributed by atoms with Gasteiger partial charge in [0.05, 0.1) is 0 Å². The first-order chi connectivity index (χ1) is 5.20. The maximum Gasteiger partial charge on any atom is -0.0119 e. The molecular weight excluding hydrogens is 247 g/mol. The number of hydrogen-bond donors (Lipinski definition) is 0. The van der Waals surface area contributed by atoms with E-state index >= 15 is 0 Å². The molecule has 0 aromatic heterocycles. The van der Waals surface area contributed by atoms with Crippen molar-refractivity contribution in [2.45, 2.75) is 13.8 Å². The molecule has 0 amide bonds. The van der Waals surface area contributed by atoms with Gasteiger partial charge in [-0.2, -0.15) is 0 Å². The molecule has 0 aliphatic rings. The maximum atomic E-state index is 2.32. The van der Waals surface area contributed by atoms with Crippen LogP contribution in [-0.2, 0) is 0 Å². The van der Waals surface area contributed by atoms with E-state index in [9.17, 15) is 0 Å². The number of hydrogen-bond acceptors (Lipinski definition) is 0. The molecule has 0 fully saturated rings. The van der Waals surface area contributed by atoms with Crippen LogP contribution in [0.3, 0.4) is 0 Å². The van der Waals surface area contributed by atoms with Crippen molar-refractivity contribution in [1.29, 1.82) is 0 Å². The van der Waals surface area contributed by atoms with Gasteiger partial charge < -0.3 is 0 Å². The first-order valence-electron chi connectivity index (χ1n) is 3.59. The fourth-order valence-corrected chi connectivity index (χ4v) is 1.30. The van der Waals surface area contributed by atoms with E-state index in [1.165, 1.54) is 14.7 Å². The summed E-state index contributed by atoms with van der Waals surface area (Å²) in [4.78, 5) is 0. The van der Waals surface area contributed by atoms with Crippen molar-refractivity contribution >= 4 is 28.7 Å². The summed E-state index contributed by atoms with van der Waals surface area (Å²) < 4.78 is 1.32. The summed E-state index contributed by atoms with van der Waals surface area (Å²) in [6.45, 7) is 4.23. The van der Waals surface area contributed by atoms with Crippen LogP contribution >= 0.6 is 22.6 Å².